The van der Waals surface area contributed by atoms with E-state index < -0.39 is 0 Å². The molecule has 1 amide bonds. The Kier molecular flexibility index (Phi) is 4.67. The second-order valence-corrected chi connectivity index (χ2v) is 6.83. The summed E-state index contributed by atoms with van der Waals surface area (Å²) in [4.78, 5) is 14.3. The third kappa shape index (κ3) is 3.62. The highest BCUT2D eigenvalue weighted by Crippen LogP contribution is 2.29. The molecule has 1 saturated heterocycles. The van der Waals surface area contributed by atoms with E-state index in [-0.39, 0.29) is 29.1 Å². The maximum absolute atomic E-state index is 13.8. The molecule has 0 radical (unpaired) electrons. The summed E-state index contributed by atoms with van der Waals surface area (Å²) in [5.41, 5.74) is 6.65. The first-order valence-electron chi connectivity index (χ1n) is 7.59. The Hall–Kier alpha value is -1.42. The minimum atomic E-state index is -0.237. The monoisotopic (exact) mass is 292 g/mol. The molecule has 1 fully saturated rings. The summed E-state index contributed by atoms with van der Waals surface area (Å²) in [6.45, 7) is 7.47. The maximum atomic E-state index is 13.8. The largest absolute Gasteiger partial charge is 0.342 e. The Bertz CT molecular complexity index is 515. The number of nitrogens with two attached hydrogens (primary N) is 1. The number of amides is 1. The quantitative estimate of drug-likeness (QED) is 0.931. The lowest BCUT2D eigenvalue weighted by Gasteiger charge is -2.42. The van der Waals surface area contributed by atoms with E-state index in [1.54, 1.807) is 12.1 Å². The number of nitrogens with zero attached hydrogens (tertiary/aromatic N) is 1. The number of likely N-dealkylation sites (tertiary alicyclic amines) is 1. The first-order chi connectivity index (χ1) is 9.81. The molecule has 4 heteroatoms. The minimum absolute atomic E-state index is 0.0604. The Labute approximate surface area is 126 Å². The number of piperidine rings is 1. The molecule has 2 atom stereocenters. The van der Waals surface area contributed by atoms with Gasteiger partial charge in [0.1, 0.15) is 5.82 Å². The number of hydrogen-bond acceptors (Lipinski definition) is 2. The van der Waals surface area contributed by atoms with Gasteiger partial charge in [0.2, 0.25) is 5.91 Å². The molecule has 0 bridgehead atoms. The van der Waals surface area contributed by atoms with Crippen LogP contribution in [0.2, 0.25) is 0 Å². The standard InChI is InChI=1S/C17H25FN2O/c1-12(13-6-4-5-7-14(13)18)10-16(21)20-9-8-15(19)17(2,3)11-20/h4-7,12,15H,8-11,19H2,1-3H3. The van der Waals surface area contributed by atoms with Gasteiger partial charge in [-0.1, -0.05) is 39.0 Å². The summed E-state index contributed by atoms with van der Waals surface area (Å²) in [5, 5.41) is 0. The number of hydrogen-bond donors (Lipinski definition) is 1. The molecule has 2 unspecified atom stereocenters. The van der Waals surface area contributed by atoms with Crippen molar-refractivity contribution >= 4 is 5.91 Å². The molecule has 1 aromatic rings. The van der Waals surface area contributed by atoms with Gasteiger partial charge < -0.3 is 10.6 Å². The van der Waals surface area contributed by atoms with Gasteiger partial charge in [0.15, 0.2) is 0 Å². The van der Waals surface area contributed by atoms with Gasteiger partial charge in [0.05, 0.1) is 0 Å². The molecule has 1 aliphatic heterocycles. The second kappa shape index (κ2) is 6.14. The molecule has 1 aromatic carbocycles. The van der Waals surface area contributed by atoms with Crippen molar-refractivity contribution in [3.8, 4) is 0 Å². The minimum Gasteiger partial charge on any atom is -0.342 e. The molecular weight excluding hydrogens is 267 g/mol. The van der Waals surface area contributed by atoms with Crippen molar-refractivity contribution in [3.63, 3.8) is 0 Å². The van der Waals surface area contributed by atoms with E-state index in [1.807, 2.05) is 17.9 Å². The molecule has 116 valence electrons. The average Bonchev–Trinajstić information content (AvgIpc) is 2.42. The molecule has 3 nitrogen and oxygen atoms in total. The van der Waals surface area contributed by atoms with Crippen molar-refractivity contribution in [2.45, 2.75) is 45.6 Å². The van der Waals surface area contributed by atoms with Crippen LogP contribution in [0.25, 0.3) is 0 Å². The molecule has 0 saturated carbocycles. The van der Waals surface area contributed by atoms with Crippen LogP contribution in [0.5, 0.6) is 0 Å². The Morgan fingerprint density at radius 3 is 2.76 bits per heavy atom. The third-order valence-corrected chi connectivity index (χ3v) is 4.58. The van der Waals surface area contributed by atoms with Crippen LogP contribution in [0.4, 0.5) is 4.39 Å². The highest BCUT2D eigenvalue weighted by atomic mass is 19.1. The highest BCUT2D eigenvalue weighted by Gasteiger charge is 2.35. The third-order valence-electron chi connectivity index (χ3n) is 4.58. The molecule has 1 aliphatic rings. The first-order valence-corrected chi connectivity index (χ1v) is 7.59. The smallest absolute Gasteiger partial charge is 0.223 e. The average molecular weight is 292 g/mol. The van der Waals surface area contributed by atoms with Gasteiger partial charge in [-0.2, -0.15) is 0 Å². The van der Waals surface area contributed by atoms with Gasteiger partial charge in [-0.05, 0) is 29.4 Å². The fourth-order valence-electron chi connectivity index (χ4n) is 2.96. The van der Waals surface area contributed by atoms with Crippen molar-refractivity contribution in [2.24, 2.45) is 11.1 Å². The number of benzene rings is 1. The summed E-state index contributed by atoms with van der Waals surface area (Å²) in [6, 6.07) is 6.80. The van der Waals surface area contributed by atoms with Gasteiger partial charge in [0, 0.05) is 25.6 Å². The Balaban J connectivity index is 2.00. The molecule has 0 aliphatic carbocycles. The zero-order valence-electron chi connectivity index (χ0n) is 13.1. The number of halogens is 1. The van der Waals surface area contributed by atoms with Crippen LogP contribution in [0.15, 0.2) is 24.3 Å². The van der Waals surface area contributed by atoms with E-state index in [0.29, 0.717) is 25.1 Å². The molecular formula is C17H25FN2O. The molecule has 1 heterocycles. The van der Waals surface area contributed by atoms with E-state index >= 15 is 0 Å². The number of rotatable bonds is 3. The Morgan fingerprint density at radius 2 is 2.14 bits per heavy atom. The molecule has 0 spiro atoms. The van der Waals surface area contributed by atoms with Gasteiger partial charge in [-0.25, -0.2) is 4.39 Å². The van der Waals surface area contributed by atoms with Gasteiger partial charge in [-0.3, -0.25) is 4.79 Å². The lowest BCUT2D eigenvalue weighted by molar-refractivity contribution is -0.135. The van der Waals surface area contributed by atoms with Crippen LogP contribution in [0.1, 0.15) is 45.1 Å². The molecule has 0 aromatic heterocycles. The fourth-order valence-corrected chi connectivity index (χ4v) is 2.96. The fraction of sp³-hybridized carbons (Fsp3) is 0.588. The number of carbonyl (C=O) groups excluding carboxylic acids is 1. The van der Waals surface area contributed by atoms with Crippen LogP contribution < -0.4 is 5.73 Å². The van der Waals surface area contributed by atoms with Crippen LogP contribution in [-0.4, -0.2) is 29.9 Å². The molecule has 2 N–H and O–H groups in total. The zero-order valence-corrected chi connectivity index (χ0v) is 13.1. The van der Waals surface area contributed by atoms with Crippen molar-refractivity contribution in [1.29, 1.82) is 0 Å². The van der Waals surface area contributed by atoms with Crippen LogP contribution in [-0.2, 0) is 4.79 Å². The van der Waals surface area contributed by atoms with Crippen molar-refractivity contribution in [1.82, 2.24) is 4.90 Å². The van der Waals surface area contributed by atoms with Crippen molar-refractivity contribution < 1.29 is 9.18 Å². The lowest BCUT2D eigenvalue weighted by atomic mass is 9.79. The van der Waals surface area contributed by atoms with E-state index in [4.69, 9.17) is 5.73 Å². The van der Waals surface area contributed by atoms with E-state index in [9.17, 15) is 9.18 Å². The summed E-state index contributed by atoms with van der Waals surface area (Å²) in [6.07, 6.45) is 1.17. The topological polar surface area (TPSA) is 46.3 Å². The predicted octanol–water partition coefficient (Wildman–Crippen LogP) is 2.91. The number of carbonyl (C=O) groups is 1. The summed E-state index contributed by atoms with van der Waals surface area (Å²) >= 11 is 0. The van der Waals surface area contributed by atoms with E-state index in [0.717, 1.165) is 6.42 Å². The zero-order chi connectivity index (χ0) is 15.6. The maximum Gasteiger partial charge on any atom is 0.223 e. The van der Waals surface area contributed by atoms with Crippen LogP contribution in [0, 0.1) is 11.2 Å². The van der Waals surface area contributed by atoms with Gasteiger partial charge in [0.25, 0.3) is 0 Å². The second-order valence-electron chi connectivity index (χ2n) is 6.83. The van der Waals surface area contributed by atoms with E-state index in [1.165, 1.54) is 6.07 Å². The highest BCUT2D eigenvalue weighted by molar-refractivity contribution is 5.77. The summed E-state index contributed by atoms with van der Waals surface area (Å²) in [7, 11) is 0. The summed E-state index contributed by atoms with van der Waals surface area (Å²) < 4.78 is 13.8. The van der Waals surface area contributed by atoms with Crippen LogP contribution >= 0.6 is 0 Å². The lowest BCUT2D eigenvalue weighted by Crippen LogP contribution is -2.54. The SMILES string of the molecule is CC(CC(=O)N1CCC(N)C(C)(C)C1)c1ccccc1F. The van der Waals surface area contributed by atoms with Gasteiger partial charge in [-0.15, -0.1) is 0 Å². The van der Waals surface area contributed by atoms with Crippen molar-refractivity contribution in [3.05, 3.63) is 35.6 Å². The first kappa shape index (κ1) is 16.0. The molecule has 2 rings (SSSR count). The predicted molar refractivity (Wildman–Crippen MR) is 82.4 cm³/mol. The molecule has 21 heavy (non-hydrogen) atoms. The Morgan fingerprint density at radius 1 is 1.48 bits per heavy atom. The normalized spacial score (nSPS) is 22.9. The summed E-state index contributed by atoms with van der Waals surface area (Å²) in [5.74, 6) is -0.262. The van der Waals surface area contributed by atoms with Crippen molar-refractivity contribution in [2.75, 3.05) is 13.1 Å². The van der Waals surface area contributed by atoms with E-state index in [2.05, 4.69) is 13.8 Å². The van der Waals surface area contributed by atoms with Gasteiger partial charge >= 0.3 is 0 Å². The van der Waals surface area contributed by atoms with Crippen LogP contribution in [0.3, 0.4) is 0 Å².